The van der Waals surface area contributed by atoms with E-state index in [1.165, 1.54) is 0 Å². The first kappa shape index (κ1) is 19.2. The second kappa shape index (κ2) is 7.05. The van der Waals surface area contributed by atoms with Crippen LogP contribution in [0.2, 0.25) is 0 Å². The Morgan fingerprint density at radius 2 is 1.17 bits per heavy atom. The Bertz CT molecular complexity index is 1320. The number of fused-ring (bicyclic) bond motifs is 2. The zero-order chi connectivity index (χ0) is 20.1. The van der Waals surface area contributed by atoms with E-state index in [1.54, 1.807) is 24.3 Å². The Labute approximate surface area is 175 Å². The third kappa shape index (κ3) is 3.16. The van der Waals surface area contributed by atoms with Gasteiger partial charge in [0.2, 0.25) is 0 Å². The van der Waals surface area contributed by atoms with Crippen LogP contribution in [-0.2, 0) is 0 Å². The molecule has 3 aromatic heterocycles. The van der Waals surface area contributed by atoms with Gasteiger partial charge in [0.1, 0.15) is 11.7 Å². The number of nitrogens with one attached hydrogen (secondary N) is 4. The van der Waals surface area contributed by atoms with Gasteiger partial charge in [0.05, 0.1) is 22.1 Å². The van der Waals surface area contributed by atoms with Crippen molar-refractivity contribution in [3.05, 3.63) is 59.7 Å². The molecular formula is C20H17ClN8O. The largest absolute Gasteiger partial charge is 0.450 e. The van der Waals surface area contributed by atoms with Crippen molar-refractivity contribution in [2.24, 2.45) is 11.5 Å². The van der Waals surface area contributed by atoms with Gasteiger partial charge in [-0.25, -0.2) is 9.97 Å². The molecule has 9 nitrogen and oxygen atoms in total. The van der Waals surface area contributed by atoms with Crippen molar-refractivity contribution in [2.75, 3.05) is 0 Å². The third-order valence-corrected chi connectivity index (χ3v) is 4.66. The van der Waals surface area contributed by atoms with Gasteiger partial charge in [0.15, 0.2) is 23.2 Å². The molecule has 0 saturated carbocycles. The first-order valence-electron chi connectivity index (χ1n) is 8.77. The molecule has 0 unspecified atom stereocenters. The molecule has 5 aromatic rings. The van der Waals surface area contributed by atoms with Crippen LogP contribution >= 0.6 is 12.4 Å². The summed E-state index contributed by atoms with van der Waals surface area (Å²) in [6.07, 6.45) is 0. The first-order valence-corrected chi connectivity index (χ1v) is 8.77. The number of H-pyrrole nitrogens is 2. The number of nitrogens with two attached hydrogens (primary N) is 2. The lowest BCUT2D eigenvalue weighted by molar-refractivity contribution is 0.589. The zero-order valence-corrected chi connectivity index (χ0v) is 16.3. The van der Waals surface area contributed by atoms with E-state index in [4.69, 9.17) is 26.7 Å². The van der Waals surface area contributed by atoms with E-state index in [9.17, 15) is 0 Å². The van der Waals surface area contributed by atoms with Crippen LogP contribution in [0.5, 0.6) is 0 Å². The summed E-state index contributed by atoms with van der Waals surface area (Å²) in [6, 6.07) is 14.3. The van der Waals surface area contributed by atoms with Gasteiger partial charge in [-0.15, -0.1) is 12.4 Å². The van der Waals surface area contributed by atoms with Crippen LogP contribution in [0.25, 0.3) is 45.2 Å². The fourth-order valence-electron chi connectivity index (χ4n) is 3.18. The van der Waals surface area contributed by atoms with Gasteiger partial charge in [-0.3, -0.25) is 10.8 Å². The van der Waals surface area contributed by atoms with Gasteiger partial charge in [-0.05, 0) is 48.5 Å². The predicted molar refractivity (Wildman–Crippen MR) is 118 cm³/mol. The number of nitrogen functional groups attached to an aromatic ring is 2. The topological polar surface area (TPSA) is 170 Å². The van der Waals surface area contributed by atoms with Crippen LogP contribution in [0, 0.1) is 10.8 Å². The molecule has 150 valence electrons. The fourth-order valence-corrected chi connectivity index (χ4v) is 3.18. The number of amidine groups is 2. The van der Waals surface area contributed by atoms with Crippen molar-refractivity contribution in [3.8, 4) is 23.2 Å². The highest BCUT2D eigenvalue weighted by Gasteiger charge is 2.14. The van der Waals surface area contributed by atoms with Gasteiger partial charge in [0.25, 0.3) is 0 Å². The minimum Gasteiger partial charge on any atom is -0.450 e. The second-order valence-corrected chi connectivity index (χ2v) is 6.63. The molecule has 10 heteroatoms. The highest BCUT2D eigenvalue weighted by Crippen LogP contribution is 2.28. The molecule has 30 heavy (non-hydrogen) atoms. The summed E-state index contributed by atoms with van der Waals surface area (Å²) >= 11 is 0. The molecule has 0 atom stereocenters. The second-order valence-electron chi connectivity index (χ2n) is 6.63. The average molecular weight is 421 g/mol. The standard InChI is InChI=1S/C20H16N8O.ClH/c21-17(22)9-1-3-11-13(7-9)27-19(25-11)15-5-6-16(29-15)20-26-12-4-2-10(18(23)24)8-14(12)28-20;/h1-8H,(H3,21,22)(H3,23,24)(H,25,27)(H,26,28);1H. The van der Waals surface area contributed by atoms with Gasteiger partial charge >= 0.3 is 0 Å². The molecule has 0 bridgehead atoms. The number of rotatable bonds is 4. The number of hydrogen-bond donors (Lipinski definition) is 6. The van der Waals surface area contributed by atoms with Crippen molar-refractivity contribution in [1.82, 2.24) is 19.9 Å². The van der Waals surface area contributed by atoms with Crippen LogP contribution in [0.1, 0.15) is 11.1 Å². The highest BCUT2D eigenvalue weighted by molar-refractivity contribution is 5.99. The van der Waals surface area contributed by atoms with E-state index in [0.717, 1.165) is 22.1 Å². The summed E-state index contributed by atoms with van der Waals surface area (Å²) in [7, 11) is 0. The van der Waals surface area contributed by atoms with Crippen molar-refractivity contribution in [3.63, 3.8) is 0 Å². The molecule has 2 aromatic carbocycles. The molecular weight excluding hydrogens is 404 g/mol. The van der Waals surface area contributed by atoms with E-state index in [2.05, 4.69) is 19.9 Å². The Hall–Kier alpha value is -4.11. The number of nitrogens with zero attached hydrogens (tertiary/aromatic N) is 2. The van der Waals surface area contributed by atoms with Gasteiger partial charge in [-0.1, -0.05) is 0 Å². The number of hydrogen-bond acceptors (Lipinski definition) is 5. The maximum Gasteiger partial charge on any atom is 0.174 e. The number of benzene rings is 2. The average Bonchev–Trinajstić information content (AvgIpc) is 3.42. The van der Waals surface area contributed by atoms with Crippen LogP contribution < -0.4 is 11.5 Å². The lowest BCUT2D eigenvalue weighted by Gasteiger charge is -1.96. The quantitative estimate of drug-likeness (QED) is 0.193. The van der Waals surface area contributed by atoms with Crippen LogP contribution in [0.4, 0.5) is 0 Å². The Morgan fingerprint density at radius 1 is 0.733 bits per heavy atom. The molecule has 0 radical (unpaired) electrons. The van der Waals surface area contributed by atoms with Crippen molar-refractivity contribution < 1.29 is 4.42 Å². The van der Waals surface area contributed by atoms with E-state index in [-0.39, 0.29) is 24.1 Å². The highest BCUT2D eigenvalue weighted by atomic mass is 35.5. The maximum atomic E-state index is 7.56. The molecule has 3 heterocycles. The molecule has 0 spiro atoms. The molecule has 0 fully saturated rings. The third-order valence-electron chi connectivity index (χ3n) is 4.66. The minimum absolute atomic E-state index is 0. The molecule has 0 aliphatic rings. The Morgan fingerprint density at radius 3 is 1.57 bits per heavy atom. The van der Waals surface area contributed by atoms with Crippen LogP contribution in [0.3, 0.4) is 0 Å². The maximum absolute atomic E-state index is 7.56. The van der Waals surface area contributed by atoms with E-state index >= 15 is 0 Å². The van der Waals surface area contributed by atoms with Gasteiger partial charge in [0, 0.05) is 11.1 Å². The van der Waals surface area contributed by atoms with Crippen LogP contribution in [0.15, 0.2) is 52.9 Å². The lowest BCUT2D eigenvalue weighted by Crippen LogP contribution is -2.10. The van der Waals surface area contributed by atoms with Crippen molar-refractivity contribution >= 4 is 46.1 Å². The smallest absolute Gasteiger partial charge is 0.174 e. The molecule has 0 aliphatic heterocycles. The molecule has 5 rings (SSSR count). The Balaban J connectivity index is 0.00000218. The summed E-state index contributed by atoms with van der Waals surface area (Å²) in [5, 5.41) is 15.1. The van der Waals surface area contributed by atoms with Crippen molar-refractivity contribution in [2.45, 2.75) is 0 Å². The van der Waals surface area contributed by atoms with E-state index in [1.807, 2.05) is 24.3 Å². The predicted octanol–water partition coefficient (Wildman–Crippen LogP) is 3.36. The molecule has 0 amide bonds. The SMILES string of the molecule is Cl.N=C(N)c1ccc2nc(-c3ccc(-c4nc5ccc(C(=N)N)cc5[nH]4)o3)[nH]c2c1. The summed E-state index contributed by atoms with van der Waals surface area (Å²) in [5.41, 5.74) is 15.4. The zero-order valence-electron chi connectivity index (χ0n) is 15.5. The number of imidazole rings is 2. The number of halogens is 1. The van der Waals surface area contributed by atoms with Crippen LogP contribution in [-0.4, -0.2) is 31.6 Å². The number of aromatic nitrogens is 4. The summed E-state index contributed by atoms with van der Waals surface area (Å²) < 4.78 is 5.95. The molecule has 8 N–H and O–H groups in total. The number of aromatic amines is 2. The normalized spacial score (nSPS) is 10.9. The van der Waals surface area contributed by atoms with Crippen molar-refractivity contribution in [1.29, 1.82) is 10.8 Å². The summed E-state index contributed by atoms with van der Waals surface area (Å²) in [5.74, 6) is 2.27. The molecule has 0 aliphatic carbocycles. The van der Waals surface area contributed by atoms with E-state index in [0.29, 0.717) is 34.3 Å². The van der Waals surface area contributed by atoms with Gasteiger partial charge < -0.3 is 25.9 Å². The summed E-state index contributed by atoms with van der Waals surface area (Å²) in [6.45, 7) is 0. The summed E-state index contributed by atoms with van der Waals surface area (Å²) in [4.78, 5) is 15.5. The Kier molecular flexibility index (Phi) is 4.52. The number of furan rings is 1. The molecule has 0 saturated heterocycles. The van der Waals surface area contributed by atoms with Gasteiger partial charge in [-0.2, -0.15) is 0 Å². The monoisotopic (exact) mass is 420 g/mol. The van der Waals surface area contributed by atoms with E-state index < -0.39 is 0 Å². The lowest BCUT2D eigenvalue weighted by atomic mass is 10.2. The minimum atomic E-state index is 0. The first-order chi connectivity index (χ1) is 14.0. The fraction of sp³-hybridized carbons (Fsp3) is 0.